The second-order valence-corrected chi connectivity index (χ2v) is 3.03. The maximum Gasteiger partial charge on any atom is 0.394 e. The van der Waals surface area contributed by atoms with Gasteiger partial charge in [0.15, 0.2) is 0 Å². The van der Waals surface area contributed by atoms with E-state index in [0.717, 1.165) is 11.1 Å². The molecule has 1 rings (SSSR count). The molecule has 0 heterocycles. The third-order valence-corrected chi connectivity index (χ3v) is 1.91. The van der Waals surface area contributed by atoms with Crippen molar-refractivity contribution in [1.82, 2.24) is 0 Å². The zero-order valence-corrected chi connectivity index (χ0v) is 8.00. The molecule has 14 heavy (non-hydrogen) atoms. The van der Waals surface area contributed by atoms with E-state index in [0.29, 0.717) is 5.69 Å². The standard InChI is InChI=1S/C10H11NO3/c1-6-4-3-5-7(2)8(6)11-9(12)10(13)14/h3-5H,1-2H3,(H,11,12)(H,13,14). The van der Waals surface area contributed by atoms with Crippen molar-refractivity contribution < 1.29 is 14.7 Å². The maximum absolute atomic E-state index is 10.9. The van der Waals surface area contributed by atoms with Crippen LogP contribution in [-0.4, -0.2) is 17.0 Å². The van der Waals surface area contributed by atoms with E-state index in [2.05, 4.69) is 5.32 Å². The Morgan fingerprint density at radius 2 is 1.71 bits per heavy atom. The van der Waals surface area contributed by atoms with Gasteiger partial charge in [-0.3, -0.25) is 4.79 Å². The Hall–Kier alpha value is -1.84. The summed E-state index contributed by atoms with van der Waals surface area (Å²) in [4.78, 5) is 21.2. The van der Waals surface area contributed by atoms with Gasteiger partial charge < -0.3 is 10.4 Å². The molecule has 0 spiro atoms. The molecule has 74 valence electrons. The molecule has 0 unspecified atom stereocenters. The van der Waals surface area contributed by atoms with Crippen LogP contribution in [-0.2, 0) is 9.59 Å². The highest BCUT2D eigenvalue weighted by molar-refractivity contribution is 6.36. The number of carbonyl (C=O) groups is 2. The first-order chi connectivity index (χ1) is 6.52. The van der Waals surface area contributed by atoms with Gasteiger partial charge in [0.25, 0.3) is 0 Å². The molecule has 0 saturated heterocycles. The van der Waals surface area contributed by atoms with Crippen molar-refractivity contribution in [3.63, 3.8) is 0 Å². The molecule has 0 radical (unpaired) electrons. The quantitative estimate of drug-likeness (QED) is 0.661. The molecular formula is C10H11NO3. The predicted molar refractivity (Wildman–Crippen MR) is 52.2 cm³/mol. The number of hydrogen-bond acceptors (Lipinski definition) is 2. The fourth-order valence-corrected chi connectivity index (χ4v) is 1.18. The summed E-state index contributed by atoms with van der Waals surface area (Å²) in [6, 6.07) is 5.47. The van der Waals surface area contributed by atoms with Crippen LogP contribution in [0.3, 0.4) is 0 Å². The number of rotatable bonds is 1. The van der Waals surface area contributed by atoms with E-state index in [1.54, 1.807) is 0 Å². The zero-order chi connectivity index (χ0) is 10.7. The van der Waals surface area contributed by atoms with Gasteiger partial charge in [-0.15, -0.1) is 0 Å². The molecular weight excluding hydrogens is 182 g/mol. The summed E-state index contributed by atoms with van der Waals surface area (Å²) in [5, 5.41) is 10.8. The van der Waals surface area contributed by atoms with Gasteiger partial charge in [0.2, 0.25) is 0 Å². The minimum absolute atomic E-state index is 0.569. The highest BCUT2D eigenvalue weighted by atomic mass is 16.4. The highest BCUT2D eigenvalue weighted by Crippen LogP contribution is 2.18. The first-order valence-corrected chi connectivity index (χ1v) is 4.13. The van der Waals surface area contributed by atoms with Crippen LogP contribution in [0.5, 0.6) is 0 Å². The summed E-state index contributed by atoms with van der Waals surface area (Å²) >= 11 is 0. The minimum Gasteiger partial charge on any atom is -0.474 e. The van der Waals surface area contributed by atoms with Crippen molar-refractivity contribution in [2.75, 3.05) is 5.32 Å². The van der Waals surface area contributed by atoms with Gasteiger partial charge in [-0.1, -0.05) is 18.2 Å². The second kappa shape index (κ2) is 3.91. The van der Waals surface area contributed by atoms with Crippen molar-refractivity contribution in [2.24, 2.45) is 0 Å². The molecule has 0 aliphatic rings. The van der Waals surface area contributed by atoms with Crippen molar-refractivity contribution >= 4 is 17.6 Å². The molecule has 0 bridgehead atoms. The molecule has 0 saturated carbocycles. The molecule has 4 nitrogen and oxygen atoms in total. The molecule has 0 aromatic heterocycles. The lowest BCUT2D eigenvalue weighted by molar-refractivity contribution is -0.147. The Morgan fingerprint density at radius 1 is 1.21 bits per heavy atom. The largest absolute Gasteiger partial charge is 0.474 e. The first kappa shape index (κ1) is 10.2. The SMILES string of the molecule is Cc1cccc(C)c1NC(=O)C(=O)O. The summed E-state index contributed by atoms with van der Waals surface area (Å²) in [6.07, 6.45) is 0. The number of benzene rings is 1. The second-order valence-electron chi connectivity index (χ2n) is 3.03. The number of carboxylic acids is 1. The molecule has 0 aliphatic carbocycles. The number of carbonyl (C=O) groups excluding carboxylic acids is 1. The van der Waals surface area contributed by atoms with Crippen molar-refractivity contribution in [3.05, 3.63) is 29.3 Å². The van der Waals surface area contributed by atoms with Crippen LogP contribution in [0, 0.1) is 13.8 Å². The van der Waals surface area contributed by atoms with Crippen LogP contribution >= 0.6 is 0 Å². The van der Waals surface area contributed by atoms with Crippen molar-refractivity contribution in [1.29, 1.82) is 0 Å². The lowest BCUT2D eigenvalue weighted by Crippen LogP contribution is -2.22. The van der Waals surface area contributed by atoms with Gasteiger partial charge in [0, 0.05) is 5.69 Å². The van der Waals surface area contributed by atoms with Crippen LogP contribution in [0.25, 0.3) is 0 Å². The van der Waals surface area contributed by atoms with E-state index in [-0.39, 0.29) is 0 Å². The van der Waals surface area contributed by atoms with E-state index in [4.69, 9.17) is 5.11 Å². The molecule has 1 aromatic rings. The fourth-order valence-electron chi connectivity index (χ4n) is 1.18. The fraction of sp³-hybridized carbons (Fsp3) is 0.200. The number of hydrogen-bond donors (Lipinski definition) is 2. The van der Waals surface area contributed by atoms with Gasteiger partial charge >= 0.3 is 11.9 Å². The normalized spacial score (nSPS) is 9.57. The van der Waals surface area contributed by atoms with E-state index < -0.39 is 11.9 Å². The van der Waals surface area contributed by atoms with Crippen LogP contribution in [0.4, 0.5) is 5.69 Å². The molecule has 2 N–H and O–H groups in total. The number of carboxylic acid groups (broad SMARTS) is 1. The summed E-state index contributed by atoms with van der Waals surface area (Å²) in [6.45, 7) is 3.62. The van der Waals surface area contributed by atoms with Gasteiger partial charge in [-0.25, -0.2) is 4.79 Å². The monoisotopic (exact) mass is 193 g/mol. The van der Waals surface area contributed by atoms with E-state index in [1.165, 1.54) is 0 Å². The van der Waals surface area contributed by atoms with Crippen LogP contribution in [0.2, 0.25) is 0 Å². The third kappa shape index (κ3) is 2.10. The Balaban J connectivity index is 2.97. The topological polar surface area (TPSA) is 66.4 Å². The molecule has 1 aromatic carbocycles. The molecule has 1 amide bonds. The summed E-state index contributed by atoms with van der Waals surface area (Å²) in [5.41, 5.74) is 2.26. The average Bonchev–Trinajstić information content (AvgIpc) is 2.11. The van der Waals surface area contributed by atoms with Crippen LogP contribution < -0.4 is 5.32 Å². The summed E-state index contributed by atoms with van der Waals surface area (Å²) < 4.78 is 0. The van der Waals surface area contributed by atoms with E-state index in [1.807, 2.05) is 32.0 Å². The van der Waals surface area contributed by atoms with E-state index in [9.17, 15) is 9.59 Å². The Morgan fingerprint density at radius 3 is 2.14 bits per heavy atom. The number of amides is 1. The maximum atomic E-state index is 10.9. The Labute approximate surface area is 81.6 Å². The number of aryl methyl sites for hydroxylation is 2. The minimum atomic E-state index is -1.48. The number of nitrogens with one attached hydrogen (secondary N) is 1. The average molecular weight is 193 g/mol. The van der Waals surface area contributed by atoms with Gasteiger partial charge in [-0.2, -0.15) is 0 Å². The lowest BCUT2D eigenvalue weighted by Gasteiger charge is -2.08. The third-order valence-electron chi connectivity index (χ3n) is 1.91. The van der Waals surface area contributed by atoms with Crippen molar-refractivity contribution in [3.8, 4) is 0 Å². The number of aliphatic carboxylic acids is 1. The summed E-state index contributed by atoms with van der Waals surface area (Å²) in [7, 11) is 0. The van der Waals surface area contributed by atoms with E-state index >= 15 is 0 Å². The van der Waals surface area contributed by atoms with Crippen molar-refractivity contribution in [2.45, 2.75) is 13.8 Å². The smallest absolute Gasteiger partial charge is 0.394 e. The highest BCUT2D eigenvalue weighted by Gasteiger charge is 2.13. The Kier molecular flexibility index (Phi) is 2.86. The van der Waals surface area contributed by atoms with Gasteiger partial charge in [0.05, 0.1) is 0 Å². The first-order valence-electron chi connectivity index (χ1n) is 4.13. The van der Waals surface area contributed by atoms with Crippen LogP contribution in [0.15, 0.2) is 18.2 Å². The molecule has 0 atom stereocenters. The molecule has 4 heteroatoms. The molecule has 0 fully saturated rings. The zero-order valence-electron chi connectivity index (χ0n) is 8.00. The van der Waals surface area contributed by atoms with Gasteiger partial charge in [0.1, 0.15) is 0 Å². The lowest BCUT2D eigenvalue weighted by atomic mass is 10.1. The van der Waals surface area contributed by atoms with Crippen LogP contribution in [0.1, 0.15) is 11.1 Å². The number of anilines is 1. The predicted octanol–water partition coefficient (Wildman–Crippen LogP) is 1.33. The Bertz CT molecular complexity index is 365. The molecule has 0 aliphatic heterocycles. The van der Waals surface area contributed by atoms with Gasteiger partial charge in [-0.05, 0) is 25.0 Å². The number of para-hydroxylation sites is 1. The summed E-state index contributed by atoms with van der Waals surface area (Å²) in [5.74, 6) is -2.49.